The molecule has 0 radical (unpaired) electrons. The van der Waals surface area contributed by atoms with Crippen LogP contribution in [0, 0.1) is 5.41 Å². The van der Waals surface area contributed by atoms with E-state index in [0.717, 1.165) is 35.0 Å². The molecule has 0 heterocycles. The van der Waals surface area contributed by atoms with Gasteiger partial charge in [-0.2, -0.15) is 0 Å². The van der Waals surface area contributed by atoms with Crippen LogP contribution in [-0.2, 0) is 11.2 Å². The van der Waals surface area contributed by atoms with E-state index >= 15 is 0 Å². The summed E-state index contributed by atoms with van der Waals surface area (Å²) in [5, 5.41) is 9.28. The van der Waals surface area contributed by atoms with Crippen LogP contribution in [0.4, 0.5) is 0 Å². The number of methoxy groups -OCH3 is 1. The molecule has 0 aromatic heterocycles. The number of carboxylic acids is 1. The van der Waals surface area contributed by atoms with Gasteiger partial charge in [0, 0.05) is 0 Å². The van der Waals surface area contributed by atoms with Gasteiger partial charge < -0.3 is 9.84 Å². The fourth-order valence-electron chi connectivity index (χ4n) is 2.28. The highest BCUT2D eigenvalue weighted by atomic mass is 79.9. The molecule has 1 N–H and O–H groups in total. The van der Waals surface area contributed by atoms with Gasteiger partial charge in [-0.25, -0.2) is 0 Å². The second-order valence-corrected chi connectivity index (χ2v) is 5.44. The minimum Gasteiger partial charge on any atom is -0.496 e. The largest absolute Gasteiger partial charge is 0.496 e. The SMILES string of the molecule is COc1ccc(CC2(C(=O)O)CCC2)cc1Br. The molecular weight excluding hydrogens is 284 g/mol. The van der Waals surface area contributed by atoms with Crippen molar-refractivity contribution in [1.82, 2.24) is 0 Å². The van der Waals surface area contributed by atoms with Crippen LogP contribution in [0.1, 0.15) is 24.8 Å². The number of ether oxygens (including phenoxy) is 1. The third-order valence-corrected chi connectivity index (χ3v) is 4.14. The number of rotatable bonds is 4. The number of carbonyl (C=O) groups is 1. The topological polar surface area (TPSA) is 46.5 Å². The van der Waals surface area contributed by atoms with Crippen molar-refractivity contribution in [2.75, 3.05) is 7.11 Å². The molecule has 1 aliphatic rings. The Kier molecular flexibility index (Phi) is 3.43. The quantitative estimate of drug-likeness (QED) is 0.928. The van der Waals surface area contributed by atoms with E-state index in [-0.39, 0.29) is 0 Å². The number of hydrogen-bond donors (Lipinski definition) is 1. The van der Waals surface area contributed by atoms with Gasteiger partial charge in [-0.05, 0) is 52.9 Å². The summed E-state index contributed by atoms with van der Waals surface area (Å²) in [5.41, 5.74) is 0.508. The molecule has 1 fully saturated rings. The molecule has 1 saturated carbocycles. The Morgan fingerprint density at radius 1 is 1.53 bits per heavy atom. The van der Waals surface area contributed by atoms with Crippen LogP contribution in [0.25, 0.3) is 0 Å². The molecule has 0 aliphatic heterocycles. The lowest BCUT2D eigenvalue weighted by molar-refractivity contribution is -0.154. The Morgan fingerprint density at radius 2 is 2.24 bits per heavy atom. The summed E-state index contributed by atoms with van der Waals surface area (Å²) in [4.78, 5) is 11.3. The summed E-state index contributed by atoms with van der Waals surface area (Å²) < 4.78 is 6.03. The molecule has 0 saturated heterocycles. The van der Waals surface area contributed by atoms with Gasteiger partial charge in [0.05, 0.1) is 17.0 Å². The van der Waals surface area contributed by atoms with Crippen molar-refractivity contribution < 1.29 is 14.6 Å². The molecule has 0 spiro atoms. The lowest BCUT2D eigenvalue weighted by Gasteiger charge is -2.37. The fourth-order valence-corrected chi connectivity index (χ4v) is 2.87. The summed E-state index contributed by atoms with van der Waals surface area (Å²) in [6.07, 6.45) is 3.19. The van der Waals surface area contributed by atoms with Crippen molar-refractivity contribution in [3.63, 3.8) is 0 Å². The Balaban J connectivity index is 2.18. The standard InChI is InChI=1S/C13H15BrO3/c1-17-11-4-3-9(7-10(11)14)8-13(12(15)16)5-2-6-13/h3-4,7H,2,5-6,8H2,1H3,(H,15,16). The van der Waals surface area contributed by atoms with Gasteiger partial charge in [-0.3, -0.25) is 4.79 Å². The zero-order chi connectivity index (χ0) is 12.5. The third-order valence-electron chi connectivity index (χ3n) is 3.52. The van der Waals surface area contributed by atoms with Crippen molar-refractivity contribution in [2.24, 2.45) is 5.41 Å². The van der Waals surface area contributed by atoms with E-state index in [1.165, 1.54) is 0 Å². The second-order valence-electron chi connectivity index (χ2n) is 4.58. The normalized spacial score (nSPS) is 17.3. The molecule has 92 valence electrons. The average molecular weight is 299 g/mol. The molecule has 2 rings (SSSR count). The maximum Gasteiger partial charge on any atom is 0.309 e. The third kappa shape index (κ3) is 2.32. The molecule has 1 aromatic carbocycles. The summed E-state index contributed by atoms with van der Waals surface area (Å²) in [7, 11) is 1.62. The predicted molar refractivity (Wildman–Crippen MR) is 68.3 cm³/mol. The first-order valence-electron chi connectivity index (χ1n) is 5.63. The molecule has 1 aliphatic carbocycles. The van der Waals surface area contributed by atoms with E-state index in [9.17, 15) is 9.90 Å². The minimum absolute atomic E-state index is 0.534. The maximum atomic E-state index is 11.3. The number of aliphatic carboxylic acids is 1. The van der Waals surface area contributed by atoms with Gasteiger partial charge in [0.1, 0.15) is 5.75 Å². The van der Waals surface area contributed by atoms with Crippen LogP contribution in [0.15, 0.2) is 22.7 Å². The van der Waals surface area contributed by atoms with E-state index in [4.69, 9.17) is 4.74 Å². The van der Waals surface area contributed by atoms with E-state index in [1.54, 1.807) is 7.11 Å². The number of carboxylic acid groups (broad SMARTS) is 1. The first-order valence-corrected chi connectivity index (χ1v) is 6.42. The monoisotopic (exact) mass is 298 g/mol. The van der Waals surface area contributed by atoms with Gasteiger partial charge >= 0.3 is 5.97 Å². The summed E-state index contributed by atoms with van der Waals surface area (Å²) in [5.74, 6) is 0.0995. The smallest absolute Gasteiger partial charge is 0.309 e. The molecule has 0 bridgehead atoms. The lowest BCUT2D eigenvalue weighted by Crippen LogP contribution is -2.39. The second kappa shape index (κ2) is 4.69. The van der Waals surface area contributed by atoms with Gasteiger partial charge in [-0.15, -0.1) is 0 Å². The van der Waals surface area contributed by atoms with E-state index in [1.807, 2.05) is 18.2 Å². The molecule has 4 heteroatoms. The predicted octanol–water partition coefficient (Wildman–Crippen LogP) is 3.26. The maximum absolute atomic E-state index is 11.3. The van der Waals surface area contributed by atoms with Gasteiger partial charge in [0.15, 0.2) is 0 Å². The number of benzene rings is 1. The van der Waals surface area contributed by atoms with Crippen LogP contribution in [-0.4, -0.2) is 18.2 Å². The zero-order valence-corrected chi connectivity index (χ0v) is 11.3. The average Bonchev–Trinajstić information content (AvgIpc) is 2.23. The molecule has 1 aromatic rings. The molecular formula is C13H15BrO3. The van der Waals surface area contributed by atoms with Crippen molar-refractivity contribution in [3.8, 4) is 5.75 Å². The van der Waals surface area contributed by atoms with Gasteiger partial charge in [-0.1, -0.05) is 12.5 Å². The molecule has 0 atom stereocenters. The van der Waals surface area contributed by atoms with Crippen molar-refractivity contribution in [1.29, 1.82) is 0 Å². The Hall–Kier alpha value is -1.03. The number of hydrogen-bond acceptors (Lipinski definition) is 2. The molecule has 0 unspecified atom stereocenters. The Labute approximate surface area is 109 Å². The van der Waals surface area contributed by atoms with Crippen molar-refractivity contribution in [3.05, 3.63) is 28.2 Å². The molecule has 3 nitrogen and oxygen atoms in total. The molecule has 0 amide bonds. The summed E-state index contributed by atoms with van der Waals surface area (Å²) in [6.45, 7) is 0. The van der Waals surface area contributed by atoms with Crippen LogP contribution in [0.3, 0.4) is 0 Å². The van der Waals surface area contributed by atoms with Crippen molar-refractivity contribution >= 4 is 21.9 Å². The van der Waals surface area contributed by atoms with Gasteiger partial charge in [0.25, 0.3) is 0 Å². The fraction of sp³-hybridized carbons (Fsp3) is 0.462. The highest BCUT2D eigenvalue weighted by Crippen LogP contribution is 2.44. The van der Waals surface area contributed by atoms with Crippen molar-refractivity contribution in [2.45, 2.75) is 25.7 Å². The first-order chi connectivity index (χ1) is 8.07. The summed E-state index contributed by atoms with van der Waals surface area (Å²) >= 11 is 3.42. The number of halogens is 1. The molecule has 17 heavy (non-hydrogen) atoms. The van der Waals surface area contributed by atoms with E-state index in [0.29, 0.717) is 6.42 Å². The van der Waals surface area contributed by atoms with E-state index < -0.39 is 11.4 Å². The Bertz CT molecular complexity index is 438. The van der Waals surface area contributed by atoms with Crippen LogP contribution < -0.4 is 4.74 Å². The summed E-state index contributed by atoms with van der Waals surface area (Å²) in [6, 6.07) is 5.75. The minimum atomic E-state index is -0.671. The Morgan fingerprint density at radius 3 is 2.65 bits per heavy atom. The van der Waals surface area contributed by atoms with Crippen LogP contribution in [0.5, 0.6) is 5.75 Å². The van der Waals surface area contributed by atoms with Crippen LogP contribution >= 0.6 is 15.9 Å². The highest BCUT2D eigenvalue weighted by Gasteiger charge is 2.44. The highest BCUT2D eigenvalue weighted by molar-refractivity contribution is 9.10. The van der Waals surface area contributed by atoms with Gasteiger partial charge in [0.2, 0.25) is 0 Å². The van der Waals surface area contributed by atoms with Crippen LogP contribution in [0.2, 0.25) is 0 Å². The van der Waals surface area contributed by atoms with E-state index in [2.05, 4.69) is 15.9 Å². The lowest BCUT2D eigenvalue weighted by atomic mass is 9.65. The zero-order valence-electron chi connectivity index (χ0n) is 9.70. The first kappa shape index (κ1) is 12.4.